The molecule has 0 saturated heterocycles. The van der Waals surface area contributed by atoms with Crippen LogP contribution in [0.3, 0.4) is 0 Å². The van der Waals surface area contributed by atoms with Crippen LogP contribution in [0.5, 0.6) is 11.5 Å². The fraction of sp³-hybridized carbons (Fsp3) is 0.278. The van der Waals surface area contributed by atoms with E-state index >= 15 is 0 Å². The lowest BCUT2D eigenvalue weighted by Gasteiger charge is -2.11. The fourth-order valence-electron chi connectivity index (χ4n) is 2.49. The summed E-state index contributed by atoms with van der Waals surface area (Å²) in [5, 5.41) is 0. The highest BCUT2D eigenvalue weighted by Gasteiger charge is 2.19. The van der Waals surface area contributed by atoms with Gasteiger partial charge in [-0.3, -0.25) is 10.2 Å². The van der Waals surface area contributed by atoms with Crippen LogP contribution in [0.4, 0.5) is 0 Å². The van der Waals surface area contributed by atoms with Crippen LogP contribution >= 0.6 is 0 Å². The molecule has 0 aromatic heterocycles. The number of sulfonamides is 1. The zero-order chi connectivity index (χ0) is 18.7. The number of fused-ring (bicyclic) bond motifs is 1. The van der Waals surface area contributed by atoms with Crippen molar-refractivity contribution < 1.29 is 22.7 Å². The standard InChI is InChI=1S/C18H20N2O5S/c1-3-12(2)13-4-7-15(8-5-13)26(22,23)20-19-18(21)14-6-9-16-17(10-14)25-11-24-16/h4-10,12,20H,3,11H2,1-2H3,(H,19,21). The molecule has 1 heterocycles. The van der Waals surface area contributed by atoms with Gasteiger partial charge in [0.25, 0.3) is 15.9 Å². The molecule has 138 valence electrons. The van der Waals surface area contributed by atoms with E-state index in [9.17, 15) is 13.2 Å². The summed E-state index contributed by atoms with van der Waals surface area (Å²) in [7, 11) is -3.86. The Morgan fingerprint density at radius 3 is 2.50 bits per heavy atom. The lowest BCUT2D eigenvalue weighted by molar-refractivity contribution is 0.0944. The second-order valence-electron chi connectivity index (χ2n) is 6.01. The third kappa shape index (κ3) is 3.81. The molecule has 7 nitrogen and oxygen atoms in total. The highest BCUT2D eigenvalue weighted by molar-refractivity contribution is 7.89. The average Bonchev–Trinajstić information content (AvgIpc) is 3.13. The van der Waals surface area contributed by atoms with Crippen molar-refractivity contribution in [3.63, 3.8) is 0 Å². The minimum Gasteiger partial charge on any atom is -0.454 e. The Morgan fingerprint density at radius 1 is 1.12 bits per heavy atom. The van der Waals surface area contributed by atoms with E-state index in [-0.39, 0.29) is 17.3 Å². The van der Waals surface area contributed by atoms with Gasteiger partial charge in [0.2, 0.25) is 6.79 Å². The number of hydrogen-bond acceptors (Lipinski definition) is 5. The predicted molar refractivity (Wildman–Crippen MR) is 95.5 cm³/mol. The Kier molecular flexibility index (Phi) is 5.15. The molecule has 3 rings (SSSR count). The van der Waals surface area contributed by atoms with Crippen molar-refractivity contribution >= 4 is 15.9 Å². The van der Waals surface area contributed by atoms with Crippen molar-refractivity contribution in [2.75, 3.05) is 6.79 Å². The maximum atomic E-state index is 12.3. The Hall–Kier alpha value is -2.58. The molecule has 0 spiro atoms. The van der Waals surface area contributed by atoms with E-state index in [0.717, 1.165) is 12.0 Å². The molecule has 0 radical (unpaired) electrons. The molecule has 1 unspecified atom stereocenters. The molecule has 26 heavy (non-hydrogen) atoms. The predicted octanol–water partition coefficient (Wildman–Crippen LogP) is 2.55. The average molecular weight is 376 g/mol. The summed E-state index contributed by atoms with van der Waals surface area (Å²) in [6.07, 6.45) is 0.968. The minimum atomic E-state index is -3.86. The van der Waals surface area contributed by atoms with Crippen molar-refractivity contribution in [3.05, 3.63) is 53.6 Å². The van der Waals surface area contributed by atoms with E-state index < -0.39 is 15.9 Å². The van der Waals surface area contributed by atoms with E-state index in [1.165, 1.54) is 24.3 Å². The number of carbonyl (C=O) groups excluding carboxylic acids is 1. The number of carbonyl (C=O) groups is 1. The van der Waals surface area contributed by atoms with Crippen LogP contribution in [-0.4, -0.2) is 21.1 Å². The van der Waals surface area contributed by atoms with Gasteiger partial charge < -0.3 is 9.47 Å². The summed E-state index contributed by atoms with van der Waals surface area (Å²) < 4.78 is 35.0. The lowest BCUT2D eigenvalue weighted by Crippen LogP contribution is -2.41. The van der Waals surface area contributed by atoms with Gasteiger partial charge in [-0.05, 0) is 48.2 Å². The van der Waals surface area contributed by atoms with Gasteiger partial charge in [0, 0.05) is 5.56 Å². The van der Waals surface area contributed by atoms with Crippen LogP contribution in [0.15, 0.2) is 47.4 Å². The van der Waals surface area contributed by atoms with Crippen molar-refractivity contribution in [1.82, 2.24) is 10.3 Å². The van der Waals surface area contributed by atoms with Gasteiger partial charge in [-0.15, -0.1) is 4.83 Å². The number of benzene rings is 2. The van der Waals surface area contributed by atoms with Crippen LogP contribution in [-0.2, 0) is 10.0 Å². The first kappa shape index (κ1) is 18.2. The summed E-state index contributed by atoms with van der Waals surface area (Å²) in [4.78, 5) is 14.4. The normalized spacial score (nSPS) is 14.1. The van der Waals surface area contributed by atoms with Crippen LogP contribution in [0.1, 0.15) is 42.1 Å². The van der Waals surface area contributed by atoms with Crippen LogP contribution < -0.4 is 19.7 Å². The van der Waals surface area contributed by atoms with Gasteiger partial charge in [0.15, 0.2) is 11.5 Å². The largest absolute Gasteiger partial charge is 0.454 e. The molecule has 0 bridgehead atoms. The Morgan fingerprint density at radius 2 is 1.81 bits per heavy atom. The molecule has 2 N–H and O–H groups in total. The third-order valence-corrected chi connectivity index (χ3v) is 5.57. The first-order valence-corrected chi connectivity index (χ1v) is 9.71. The number of rotatable bonds is 6. The molecular formula is C18H20N2O5S. The summed E-state index contributed by atoms with van der Waals surface area (Å²) in [6.45, 7) is 4.25. The molecule has 1 atom stereocenters. The van der Waals surface area contributed by atoms with Crippen LogP contribution in [0, 0.1) is 0 Å². The molecule has 0 saturated carbocycles. The summed E-state index contributed by atoms with van der Waals surface area (Å²) >= 11 is 0. The van der Waals surface area contributed by atoms with Crippen LogP contribution in [0.25, 0.3) is 0 Å². The van der Waals surface area contributed by atoms with Gasteiger partial charge in [0.1, 0.15) is 0 Å². The van der Waals surface area contributed by atoms with Crippen molar-refractivity contribution in [3.8, 4) is 11.5 Å². The monoisotopic (exact) mass is 376 g/mol. The maximum Gasteiger partial charge on any atom is 0.266 e. The van der Waals surface area contributed by atoms with Gasteiger partial charge >= 0.3 is 0 Å². The second-order valence-corrected chi connectivity index (χ2v) is 7.69. The number of nitrogens with one attached hydrogen (secondary N) is 2. The lowest BCUT2D eigenvalue weighted by atomic mass is 9.99. The maximum absolute atomic E-state index is 12.3. The van der Waals surface area contributed by atoms with E-state index in [1.54, 1.807) is 18.2 Å². The van der Waals surface area contributed by atoms with E-state index in [2.05, 4.69) is 24.1 Å². The number of hydrazine groups is 1. The molecule has 2 aromatic rings. The smallest absolute Gasteiger partial charge is 0.266 e. The van der Waals surface area contributed by atoms with E-state index in [4.69, 9.17) is 9.47 Å². The van der Waals surface area contributed by atoms with Crippen molar-refractivity contribution in [1.29, 1.82) is 0 Å². The van der Waals surface area contributed by atoms with Gasteiger partial charge in [-0.1, -0.05) is 26.0 Å². The highest BCUT2D eigenvalue weighted by atomic mass is 32.2. The Bertz CT molecular complexity index is 910. The molecule has 8 heteroatoms. The fourth-order valence-corrected chi connectivity index (χ4v) is 3.33. The topological polar surface area (TPSA) is 93.7 Å². The summed E-state index contributed by atoms with van der Waals surface area (Å²) in [5.41, 5.74) is 3.52. The third-order valence-electron chi connectivity index (χ3n) is 4.31. The summed E-state index contributed by atoms with van der Waals surface area (Å²) in [6, 6.07) is 11.2. The molecule has 1 aliphatic heterocycles. The number of amides is 1. The van der Waals surface area contributed by atoms with Gasteiger partial charge in [-0.25, -0.2) is 8.42 Å². The first-order valence-electron chi connectivity index (χ1n) is 8.22. The molecule has 2 aromatic carbocycles. The zero-order valence-corrected chi connectivity index (χ0v) is 15.3. The molecule has 1 amide bonds. The highest BCUT2D eigenvalue weighted by Crippen LogP contribution is 2.32. The minimum absolute atomic E-state index is 0.0792. The number of ether oxygens (including phenoxy) is 2. The van der Waals surface area contributed by atoms with Gasteiger partial charge in [-0.2, -0.15) is 0 Å². The molecule has 1 aliphatic rings. The Balaban J connectivity index is 1.67. The van der Waals surface area contributed by atoms with Crippen molar-refractivity contribution in [2.45, 2.75) is 31.1 Å². The summed E-state index contributed by atoms with van der Waals surface area (Å²) in [5.74, 6) is 0.748. The molecule has 0 aliphatic carbocycles. The SMILES string of the molecule is CCC(C)c1ccc(S(=O)(=O)NNC(=O)c2ccc3c(c2)OCO3)cc1. The molecular weight excluding hydrogens is 356 g/mol. The quantitative estimate of drug-likeness (QED) is 0.756. The zero-order valence-electron chi connectivity index (χ0n) is 14.5. The molecule has 0 fully saturated rings. The van der Waals surface area contributed by atoms with E-state index in [0.29, 0.717) is 17.4 Å². The second kappa shape index (κ2) is 7.35. The Labute approximate surface area is 152 Å². The van der Waals surface area contributed by atoms with Gasteiger partial charge in [0.05, 0.1) is 4.90 Å². The van der Waals surface area contributed by atoms with Crippen LogP contribution in [0.2, 0.25) is 0 Å². The number of hydrogen-bond donors (Lipinski definition) is 2. The van der Waals surface area contributed by atoms with E-state index in [1.807, 2.05) is 0 Å². The van der Waals surface area contributed by atoms with Crippen molar-refractivity contribution in [2.24, 2.45) is 0 Å². The first-order chi connectivity index (χ1) is 12.4.